The predicted molar refractivity (Wildman–Crippen MR) is 90.6 cm³/mol. The van der Waals surface area contributed by atoms with Crippen LogP contribution < -0.4 is 10.6 Å². The molecule has 2 aromatic carbocycles. The fourth-order valence-corrected chi connectivity index (χ4v) is 2.53. The molecule has 0 aromatic heterocycles. The zero-order valence-corrected chi connectivity index (χ0v) is 13.9. The molecule has 0 heterocycles. The number of amides is 2. The molecular weight excluding hydrogens is 350 g/mol. The summed E-state index contributed by atoms with van der Waals surface area (Å²) in [7, 11) is 0. The molecule has 1 aliphatic carbocycles. The van der Waals surface area contributed by atoms with E-state index in [1.807, 2.05) is 0 Å². The zero-order valence-electron chi connectivity index (χ0n) is 13.1. The Balaban J connectivity index is 1.63. The van der Waals surface area contributed by atoms with Gasteiger partial charge < -0.3 is 10.6 Å². The Bertz CT molecular complexity index is 821. The molecule has 1 saturated carbocycles. The van der Waals surface area contributed by atoms with Crippen molar-refractivity contribution in [1.29, 1.82) is 0 Å². The molecule has 4 nitrogen and oxygen atoms in total. The number of benzene rings is 2. The molecule has 1 fully saturated rings. The van der Waals surface area contributed by atoms with E-state index in [4.69, 9.17) is 11.6 Å². The quantitative estimate of drug-likeness (QED) is 0.795. The topological polar surface area (TPSA) is 58.2 Å². The lowest BCUT2D eigenvalue weighted by atomic mass is 10.1. The Morgan fingerprint density at radius 2 is 1.72 bits per heavy atom. The molecule has 0 spiro atoms. The van der Waals surface area contributed by atoms with Gasteiger partial charge in [0, 0.05) is 11.7 Å². The van der Waals surface area contributed by atoms with Crippen molar-refractivity contribution >= 4 is 29.1 Å². The van der Waals surface area contributed by atoms with Gasteiger partial charge in [0.05, 0.1) is 17.0 Å². The fourth-order valence-electron chi connectivity index (χ4n) is 2.29. The van der Waals surface area contributed by atoms with Crippen molar-refractivity contribution in [2.45, 2.75) is 25.3 Å². The molecule has 2 aromatic rings. The van der Waals surface area contributed by atoms with Crippen LogP contribution in [0.1, 0.15) is 28.8 Å². The third-order valence-electron chi connectivity index (χ3n) is 3.77. The van der Waals surface area contributed by atoms with Gasteiger partial charge in [0.15, 0.2) is 11.6 Å². The summed E-state index contributed by atoms with van der Waals surface area (Å²) in [6, 6.07) is 8.52. The summed E-state index contributed by atoms with van der Waals surface area (Å²) in [5.74, 6) is -2.95. The number of hydrogen-bond acceptors (Lipinski definition) is 2. The van der Waals surface area contributed by atoms with Crippen molar-refractivity contribution in [3.05, 3.63) is 64.2 Å². The number of nitrogens with one attached hydrogen (secondary N) is 2. The van der Waals surface area contributed by atoms with E-state index in [-0.39, 0.29) is 22.9 Å². The van der Waals surface area contributed by atoms with Gasteiger partial charge in [0.2, 0.25) is 5.91 Å². The van der Waals surface area contributed by atoms with E-state index in [0.717, 1.165) is 30.5 Å². The van der Waals surface area contributed by atoms with E-state index >= 15 is 0 Å². The lowest BCUT2D eigenvalue weighted by Gasteiger charge is -2.09. The molecule has 130 valence electrons. The number of halogens is 3. The standard InChI is InChI=1S/C18H15ClF2N2O2/c19-14-9-16(21)15(20)8-13(14)18(25)23-12-3-1-10(2-4-12)7-17(24)22-11-5-6-11/h1-4,8-9,11H,5-7H2,(H,22,24)(H,23,25). The fraction of sp³-hybridized carbons (Fsp3) is 0.222. The van der Waals surface area contributed by atoms with Crippen molar-refractivity contribution in [3.63, 3.8) is 0 Å². The SMILES string of the molecule is O=C(Cc1ccc(NC(=O)c2cc(F)c(F)cc2Cl)cc1)NC1CC1. The second kappa shape index (κ2) is 7.19. The summed E-state index contributed by atoms with van der Waals surface area (Å²) in [5.41, 5.74) is 1.10. The van der Waals surface area contributed by atoms with Gasteiger partial charge in [-0.2, -0.15) is 0 Å². The minimum Gasteiger partial charge on any atom is -0.353 e. The molecule has 2 amide bonds. The van der Waals surface area contributed by atoms with Crippen LogP contribution in [0.25, 0.3) is 0 Å². The van der Waals surface area contributed by atoms with Gasteiger partial charge in [0.1, 0.15) is 0 Å². The average Bonchev–Trinajstić information content (AvgIpc) is 3.36. The summed E-state index contributed by atoms with van der Waals surface area (Å²) in [6.45, 7) is 0. The maximum atomic E-state index is 13.3. The molecule has 2 N–H and O–H groups in total. The van der Waals surface area contributed by atoms with E-state index in [1.165, 1.54) is 0 Å². The average molecular weight is 365 g/mol. The van der Waals surface area contributed by atoms with E-state index in [2.05, 4.69) is 10.6 Å². The molecule has 0 saturated heterocycles. The van der Waals surface area contributed by atoms with Crippen molar-refractivity contribution in [1.82, 2.24) is 5.32 Å². The molecule has 0 unspecified atom stereocenters. The number of rotatable bonds is 5. The largest absolute Gasteiger partial charge is 0.353 e. The molecule has 3 rings (SSSR count). The molecular formula is C18H15ClF2N2O2. The Morgan fingerprint density at radius 1 is 1.08 bits per heavy atom. The van der Waals surface area contributed by atoms with Crippen LogP contribution in [0.3, 0.4) is 0 Å². The summed E-state index contributed by atoms with van der Waals surface area (Å²) in [6.07, 6.45) is 2.33. The van der Waals surface area contributed by atoms with E-state index in [9.17, 15) is 18.4 Å². The Hall–Kier alpha value is -2.47. The second-order valence-electron chi connectivity index (χ2n) is 5.92. The van der Waals surface area contributed by atoms with Gasteiger partial charge in [-0.3, -0.25) is 9.59 Å². The molecule has 25 heavy (non-hydrogen) atoms. The van der Waals surface area contributed by atoms with Gasteiger partial charge >= 0.3 is 0 Å². The van der Waals surface area contributed by atoms with Crippen molar-refractivity contribution < 1.29 is 18.4 Å². The van der Waals surface area contributed by atoms with E-state index in [1.54, 1.807) is 24.3 Å². The summed E-state index contributed by atoms with van der Waals surface area (Å²) >= 11 is 5.78. The summed E-state index contributed by atoms with van der Waals surface area (Å²) < 4.78 is 26.3. The third-order valence-corrected chi connectivity index (χ3v) is 4.09. The molecule has 0 bridgehead atoms. The molecule has 1 aliphatic rings. The van der Waals surface area contributed by atoms with Crippen LogP contribution in [0.5, 0.6) is 0 Å². The van der Waals surface area contributed by atoms with Crippen LogP contribution in [0.15, 0.2) is 36.4 Å². The van der Waals surface area contributed by atoms with Crippen LogP contribution in [-0.4, -0.2) is 17.9 Å². The first-order valence-electron chi connectivity index (χ1n) is 7.76. The monoisotopic (exact) mass is 364 g/mol. The molecule has 7 heteroatoms. The highest BCUT2D eigenvalue weighted by Crippen LogP contribution is 2.22. The number of carbonyl (C=O) groups excluding carboxylic acids is 2. The van der Waals surface area contributed by atoms with Gasteiger partial charge in [-0.1, -0.05) is 23.7 Å². The minimum absolute atomic E-state index is 0.0344. The number of carbonyl (C=O) groups is 2. The molecule has 0 atom stereocenters. The zero-order chi connectivity index (χ0) is 18.0. The highest BCUT2D eigenvalue weighted by atomic mass is 35.5. The summed E-state index contributed by atoms with van der Waals surface area (Å²) in [4.78, 5) is 23.9. The Kier molecular flexibility index (Phi) is 4.99. The highest BCUT2D eigenvalue weighted by Gasteiger charge is 2.23. The van der Waals surface area contributed by atoms with Crippen molar-refractivity contribution in [2.75, 3.05) is 5.32 Å². The summed E-state index contributed by atoms with van der Waals surface area (Å²) in [5, 5.41) is 5.28. The van der Waals surface area contributed by atoms with Crippen LogP contribution in [0.4, 0.5) is 14.5 Å². The maximum absolute atomic E-state index is 13.3. The number of hydrogen-bond donors (Lipinski definition) is 2. The first-order chi connectivity index (χ1) is 11.9. The number of anilines is 1. The normalized spacial score (nSPS) is 13.4. The van der Waals surface area contributed by atoms with Gasteiger partial charge in [-0.05, 0) is 42.7 Å². The lowest BCUT2D eigenvalue weighted by molar-refractivity contribution is -0.120. The third kappa shape index (κ3) is 4.54. The predicted octanol–water partition coefficient (Wildman–Crippen LogP) is 3.69. The van der Waals surface area contributed by atoms with E-state index < -0.39 is 17.5 Å². The smallest absolute Gasteiger partial charge is 0.257 e. The minimum atomic E-state index is -1.15. The van der Waals surface area contributed by atoms with E-state index in [0.29, 0.717) is 11.7 Å². The Labute approximate surface area is 148 Å². The molecule has 0 radical (unpaired) electrons. The van der Waals surface area contributed by atoms with Gasteiger partial charge in [0.25, 0.3) is 5.91 Å². The maximum Gasteiger partial charge on any atom is 0.257 e. The Morgan fingerprint density at radius 3 is 2.36 bits per heavy atom. The lowest BCUT2D eigenvalue weighted by Crippen LogP contribution is -2.26. The van der Waals surface area contributed by atoms with Crippen LogP contribution in [-0.2, 0) is 11.2 Å². The van der Waals surface area contributed by atoms with Crippen LogP contribution >= 0.6 is 11.6 Å². The second-order valence-corrected chi connectivity index (χ2v) is 6.32. The van der Waals surface area contributed by atoms with Crippen LogP contribution in [0.2, 0.25) is 5.02 Å². The van der Waals surface area contributed by atoms with Gasteiger partial charge in [-0.15, -0.1) is 0 Å². The van der Waals surface area contributed by atoms with Gasteiger partial charge in [-0.25, -0.2) is 8.78 Å². The highest BCUT2D eigenvalue weighted by molar-refractivity contribution is 6.34. The van der Waals surface area contributed by atoms with Crippen molar-refractivity contribution in [3.8, 4) is 0 Å². The van der Waals surface area contributed by atoms with Crippen LogP contribution in [0, 0.1) is 11.6 Å². The van der Waals surface area contributed by atoms with Crippen molar-refractivity contribution in [2.24, 2.45) is 0 Å². The first kappa shape index (κ1) is 17.4. The molecule has 0 aliphatic heterocycles. The first-order valence-corrected chi connectivity index (χ1v) is 8.14.